The molecule has 2 aliphatic heterocycles. The Labute approximate surface area is 199 Å². The number of nitrogens with one attached hydrogen (secondary N) is 1. The highest BCUT2D eigenvalue weighted by Gasteiger charge is 2.39. The molecule has 0 bridgehead atoms. The highest BCUT2D eigenvalue weighted by atomic mass is 16.6. The molecule has 0 atom stereocenters. The van der Waals surface area contributed by atoms with Gasteiger partial charge in [-0.05, 0) is 41.5 Å². The Balaban J connectivity index is 1.24. The number of methoxy groups -OCH3 is 1. The molecule has 174 valence electrons. The SMILES string of the molecule is COc1ccccc1Oc1cccc(CN2CCC3(C=C(c4ccccc4)NC(=O)O3)CC2)c1. The monoisotopic (exact) mass is 456 g/mol. The van der Waals surface area contributed by atoms with Gasteiger partial charge in [-0.3, -0.25) is 10.2 Å². The fourth-order valence-corrected chi connectivity index (χ4v) is 4.55. The van der Waals surface area contributed by atoms with Crippen LogP contribution in [0.2, 0.25) is 0 Å². The Morgan fingerprint density at radius 3 is 2.44 bits per heavy atom. The Morgan fingerprint density at radius 2 is 1.68 bits per heavy atom. The predicted molar refractivity (Wildman–Crippen MR) is 131 cm³/mol. The van der Waals surface area contributed by atoms with Gasteiger partial charge >= 0.3 is 6.09 Å². The summed E-state index contributed by atoms with van der Waals surface area (Å²) in [5.41, 5.74) is 2.43. The van der Waals surface area contributed by atoms with Gasteiger partial charge in [-0.2, -0.15) is 0 Å². The van der Waals surface area contributed by atoms with Crippen molar-refractivity contribution in [3.8, 4) is 17.2 Å². The molecule has 1 N–H and O–H groups in total. The van der Waals surface area contributed by atoms with Crippen LogP contribution in [0.15, 0.2) is 84.9 Å². The van der Waals surface area contributed by atoms with Gasteiger partial charge in [-0.15, -0.1) is 0 Å². The molecule has 0 aliphatic carbocycles. The van der Waals surface area contributed by atoms with Crippen molar-refractivity contribution in [2.75, 3.05) is 20.2 Å². The maximum Gasteiger partial charge on any atom is 0.412 e. The lowest BCUT2D eigenvalue weighted by Gasteiger charge is -2.41. The summed E-state index contributed by atoms with van der Waals surface area (Å²) in [6.45, 7) is 2.48. The van der Waals surface area contributed by atoms with E-state index < -0.39 is 5.60 Å². The summed E-state index contributed by atoms with van der Waals surface area (Å²) in [4.78, 5) is 14.7. The number of para-hydroxylation sites is 2. The van der Waals surface area contributed by atoms with Crippen molar-refractivity contribution in [2.24, 2.45) is 0 Å². The lowest BCUT2D eigenvalue weighted by atomic mass is 9.88. The van der Waals surface area contributed by atoms with Crippen LogP contribution in [0.3, 0.4) is 0 Å². The van der Waals surface area contributed by atoms with E-state index in [1.807, 2.05) is 66.7 Å². The zero-order valence-electron chi connectivity index (χ0n) is 19.2. The largest absolute Gasteiger partial charge is 0.493 e. The van der Waals surface area contributed by atoms with E-state index in [9.17, 15) is 4.79 Å². The van der Waals surface area contributed by atoms with Gasteiger partial charge < -0.3 is 14.2 Å². The summed E-state index contributed by atoms with van der Waals surface area (Å²) >= 11 is 0. The van der Waals surface area contributed by atoms with E-state index in [1.54, 1.807) is 7.11 Å². The van der Waals surface area contributed by atoms with Crippen LogP contribution >= 0.6 is 0 Å². The molecule has 0 unspecified atom stereocenters. The highest BCUT2D eigenvalue weighted by molar-refractivity contribution is 5.84. The van der Waals surface area contributed by atoms with Crippen LogP contribution < -0.4 is 14.8 Å². The molecule has 2 aliphatic rings. The predicted octanol–water partition coefficient (Wildman–Crippen LogP) is 5.60. The van der Waals surface area contributed by atoms with Crippen LogP contribution in [0.4, 0.5) is 4.79 Å². The molecule has 3 aromatic carbocycles. The van der Waals surface area contributed by atoms with Crippen LogP contribution in [0.25, 0.3) is 5.70 Å². The van der Waals surface area contributed by atoms with Crippen molar-refractivity contribution >= 4 is 11.8 Å². The van der Waals surface area contributed by atoms with E-state index in [0.29, 0.717) is 11.5 Å². The number of carbonyl (C=O) groups is 1. The van der Waals surface area contributed by atoms with Crippen molar-refractivity contribution in [3.05, 3.63) is 96.1 Å². The summed E-state index contributed by atoms with van der Waals surface area (Å²) in [6, 6.07) is 25.7. The second-order valence-electron chi connectivity index (χ2n) is 8.68. The first-order valence-electron chi connectivity index (χ1n) is 11.5. The van der Waals surface area contributed by atoms with Crippen LogP contribution in [0.5, 0.6) is 17.2 Å². The van der Waals surface area contributed by atoms with Crippen molar-refractivity contribution in [1.82, 2.24) is 10.2 Å². The first-order chi connectivity index (χ1) is 16.6. The first-order valence-corrected chi connectivity index (χ1v) is 11.5. The molecule has 0 radical (unpaired) electrons. The molecular weight excluding hydrogens is 428 g/mol. The molecule has 2 heterocycles. The lowest BCUT2D eigenvalue weighted by molar-refractivity contribution is -0.00554. The number of carbonyl (C=O) groups excluding carboxylic acids is 1. The minimum Gasteiger partial charge on any atom is -0.493 e. The summed E-state index contributed by atoms with van der Waals surface area (Å²) < 4.78 is 17.2. The first kappa shape index (κ1) is 22.0. The minimum atomic E-state index is -0.557. The minimum absolute atomic E-state index is 0.379. The maximum absolute atomic E-state index is 12.3. The zero-order valence-corrected chi connectivity index (χ0v) is 19.2. The summed E-state index contributed by atoms with van der Waals surface area (Å²) in [5.74, 6) is 2.17. The number of benzene rings is 3. The van der Waals surface area contributed by atoms with Crippen LogP contribution in [-0.2, 0) is 11.3 Å². The van der Waals surface area contributed by atoms with E-state index in [2.05, 4.69) is 28.4 Å². The average molecular weight is 457 g/mol. The van der Waals surface area contributed by atoms with Gasteiger partial charge in [0.25, 0.3) is 0 Å². The van der Waals surface area contributed by atoms with Gasteiger partial charge in [0, 0.05) is 32.5 Å². The molecule has 6 nitrogen and oxygen atoms in total. The number of nitrogens with zero attached hydrogens (tertiary/aromatic N) is 1. The fourth-order valence-electron chi connectivity index (χ4n) is 4.55. The van der Waals surface area contributed by atoms with Crippen molar-refractivity contribution in [2.45, 2.75) is 25.0 Å². The molecular formula is C28H28N2O4. The second kappa shape index (κ2) is 9.61. The van der Waals surface area contributed by atoms with Gasteiger partial charge in [0.2, 0.25) is 0 Å². The van der Waals surface area contributed by atoms with E-state index in [1.165, 1.54) is 5.56 Å². The van der Waals surface area contributed by atoms with E-state index >= 15 is 0 Å². The smallest absolute Gasteiger partial charge is 0.412 e. The molecule has 0 aromatic heterocycles. The van der Waals surface area contributed by atoms with E-state index in [0.717, 1.165) is 49.5 Å². The van der Waals surface area contributed by atoms with Gasteiger partial charge in [0.05, 0.1) is 12.8 Å². The standard InChI is InChI=1S/C28H28N2O4/c1-32-25-12-5-6-13-26(25)33-23-11-7-8-21(18-23)20-30-16-14-28(15-17-30)19-24(29-27(31)34-28)22-9-3-2-4-10-22/h2-13,18-19H,14-17,20H2,1H3,(H,29,31). The average Bonchev–Trinajstić information content (AvgIpc) is 2.86. The summed E-state index contributed by atoms with van der Waals surface area (Å²) in [6.07, 6.45) is 3.22. The van der Waals surface area contributed by atoms with Crippen LogP contribution in [0.1, 0.15) is 24.0 Å². The quantitative estimate of drug-likeness (QED) is 0.523. The number of hydrogen-bond donors (Lipinski definition) is 1. The molecule has 1 saturated heterocycles. The van der Waals surface area contributed by atoms with Gasteiger partial charge in [-0.25, -0.2) is 4.79 Å². The molecule has 6 heteroatoms. The number of amides is 1. The van der Waals surface area contributed by atoms with E-state index in [4.69, 9.17) is 14.2 Å². The third kappa shape index (κ3) is 4.92. The normalized spacial score (nSPS) is 17.4. The van der Waals surface area contributed by atoms with Crippen molar-refractivity contribution in [1.29, 1.82) is 0 Å². The number of ether oxygens (including phenoxy) is 3. The second-order valence-corrected chi connectivity index (χ2v) is 8.68. The molecule has 34 heavy (non-hydrogen) atoms. The maximum atomic E-state index is 12.3. The molecule has 1 spiro atoms. The third-order valence-corrected chi connectivity index (χ3v) is 6.33. The number of hydrogen-bond acceptors (Lipinski definition) is 5. The van der Waals surface area contributed by atoms with Crippen LogP contribution in [0, 0.1) is 0 Å². The van der Waals surface area contributed by atoms with Gasteiger partial charge in [-0.1, -0.05) is 54.6 Å². The summed E-state index contributed by atoms with van der Waals surface area (Å²) in [5, 5.41) is 2.85. The van der Waals surface area contributed by atoms with Crippen molar-refractivity contribution in [3.63, 3.8) is 0 Å². The Morgan fingerprint density at radius 1 is 0.941 bits per heavy atom. The molecule has 1 amide bonds. The topological polar surface area (TPSA) is 60.0 Å². The Hall–Kier alpha value is -3.77. The van der Waals surface area contributed by atoms with Crippen LogP contribution in [-0.4, -0.2) is 36.8 Å². The lowest BCUT2D eigenvalue weighted by Crippen LogP contribution is -2.50. The molecule has 0 saturated carbocycles. The number of alkyl carbamates (subject to hydrolysis) is 1. The highest BCUT2D eigenvalue weighted by Crippen LogP contribution is 2.35. The zero-order chi connectivity index (χ0) is 23.4. The summed E-state index contributed by atoms with van der Waals surface area (Å²) in [7, 11) is 1.64. The molecule has 3 aromatic rings. The Kier molecular flexibility index (Phi) is 6.23. The van der Waals surface area contributed by atoms with E-state index in [-0.39, 0.29) is 6.09 Å². The van der Waals surface area contributed by atoms with Gasteiger partial charge in [0.15, 0.2) is 11.5 Å². The van der Waals surface area contributed by atoms with Crippen molar-refractivity contribution < 1.29 is 19.0 Å². The molecule has 5 rings (SSSR count). The fraction of sp³-hybridized carbons (Fsp3) is 0.250. The molecule has 1 fully saturated rings. The Bertz CT molecular complexity index is 1180. The van der Waals surface area contributed by atoms with Gasteiger partial charge in [0.1, 0.15) is 11.4 Å². The third-order valence-electron chi connectivity index (χ3n) is 6.33. The number of rotatable bonds is 6. The number of piperidine rings is 1. The number of likely N-dealkylation sites (tertiary alicyclic amines) is 1.